The number of nitrogens with zero attached hydrogens (tertiary/aromatic N) is 2. The second-order valence-electron chi connectivity index (χ2n) is 8.70. The van der Waals surface area contributed by atoms with Gasteiger partial charge in [0.25, 0.3) is 5.91 Å². The molecule has 2 aromatic rings. The average Bonchev–Trinajstić information content (AvgIpc) is 3.16. The summed E-state index contributed by atoms with van der Waals surface area (Å²) in [6, 6.07) is 7.75. The van der Waals surface area contributed by atoms with Crippen LogP contribution in [0.4, 0.5) is 9.18 Å². The normalized spacial score (nSPS) is 18.0. The number of aryl methyl sites for hydroxylation is 2. The average molecular weight is 426 g/mol. The van der Waals surface area contributed by atoms with Crippen LogP contribution in [0, 0.1) is 19.7 Å². The Kier molecular flexibility index (Phi) is 5.69. The van der Waals surface area contributed by atoms with Crippen molar-refractivity contribution in [2.45, 2.75) is 64.5 Å². The van der Waals surface area contributed by atoms with Gasteiger partial charge in [-0.2, -0.15) is 0 Å². The number of amides is 3. The molecule has 1 saturated carbocycles. The highest BCUT2D eigenvalue weighted by molar-refractivity contribution is 6.11. The molecule has 1 N–H and O–H groups in total. The predicted molar refractivity (Wildman–Crippen MR) is 114 cm³/mol. The number of aromatic nitrogens is 1. The largest absolute Gasteiger partial charge is 0.348 e. The number of carbonyl (C=O) groups excluding carboxylic acids is 3. The van der Waals surface area contributed by atoms with Gasteiger partial charge in [-0.1, -0.05) is 31.4 Å². The summed E-state index contributed by atoms with van der Waals surface area (Å²) < 4.78 is 15.2. The zero-order valence-corrected chi connectivity index (χ0v) is 18.0. The van der Waals surface area contributed by atoms with Crippen LogP contribution in [0.1, 0.15) is 59.4 Å². The molecule has 0 bridgehead atoms. The number of hydrogen-bond donors (Lipinski definition) is 1. The molecule has 4 rings (SSSR count). The van der Waals surface area contributed by atoms with Crippen molar-refractivity contribution in [1.82, 2.24) is 14.8 Å². The van der Waals surface area contributed by atoms with Crippen molar-refractivity contribution in [1.29, 1.82) is 0 Å². The number of carbonyl (C=O) groups is 3. The van der Waals surface area contributed by atoms with Crippen LogP contribution in [-0.4, -0.2) is 39.3 Å². The number of nitrogens with one attached hydrogen (secondary N) is 1. The minimum Gasteiger partial charge on any atom is -0.348 e. The molecule has 1 aromatic heterocycles. The van der Waals surface area contributed by atoms with E-state index in [0.717, 1.165) is 41.1 Å². The predicted octanol–water partition coefficient (Wildman–Crippen LogP) is 3.92. The Bertz CT molecular complexity index is 1020. The molecular formula is C24H28FN3O3. The standard InChI is InChI=1S/C24H28FN3O3/c1-16-14-20(17(2)27(16)13-10-18-6-8-19(25)9-7-18)21(29)15-28-22(30)24(26-23(28)31)11-4-3-5-12-24/h6-9,14H,3-5,10-13,15H2,1-2H3,(H,26,31). The van der Waals surface area contributed by atoms with Crippen LogP contribution >= 0.6 is 0 Å². The lowest BCUT2D eigenvalue weighted by Gasteiger charge is -2.30. The van der Waals surface area contributed by atoms with E-state index < -0.39 is 11.6 Å². The van der Waals surface area contributed by atoms with Gasteiger partial charge in [0.15, 0.2) is 5.78 Å². The van der Waals surface area contributed by atoms with Crippen molar-refractivity contribution in [3.8, 4) is 0 Å². The van der Waals surface area contributed by atoms with E-state index in [1.165, 1.54) is 12.1 Å². The van der Waals surface area contributed by atoms with Crippen LogP contribution in [0.25, 0.3) is 0 Å². The maximum atomic E-state index is 13.1. The van der Waals surface area contributed by atoms with Crippen LogP contribution < -0.4 is 5.32 Å². The summed E-state index contributed by atoms with van der Waals surface area (Å²) in [5.41, 5.74) is 2.47. The third kappa shape index (κ3) is 4.01. The first-order valence-electron chi connectivity index (χ1n) is 10.9. The van der Waals surface area contributed by atoms with Gasteiger partial charge in [-0.25, -0.2) is 9.18 Å². The lowest BCUT2D eigenvalue weighted by atomic mass is 9.82. The maximum absolute atomic E-state index is 13.1. The molecule has 164 valence electrons. The zero-order chi connectivity index (χ0) is 22.2. The van der Waals surface area contributed by atoms with Crippen LogP contribution in [0.15, 0.2) is 30.3 Å². The molecule has 1 aliphatic heterocycles. The summed E-state index contributed by atoms with van der Waals surface area (Å²) in [6.45, 7) is 4.22. The van der Waals surface area contributed by atoms with Crippen molar-refractivity contribution in [3.05, 3.63) is 58.7 Å². The second kappa shape index (κ2) is 8.29. The Morgan fingerprint density at radius 2 is 1.77 bits per heavy atom. The first-order chi connectivity index (χ1) is 14.8. The summed E-state index contributed by atoms with van der Waals surface area (Å²) >= 11 is 0. The molecular weight excluding hydrogens is 397 g/mol. The molecule has 1 spiro atoms. The van der Waals surface area contributed by atoms with Crippen molar-refractivity contribution in [2.75, 3.05) is 6.54 Å². The number of Topliss-reactive ketones (excluding diaryl/α,β-unsaturated/α-hetero) is 1. The molecule has 1 aliphatic carbocycles. The Hall–Kier alpha value is -2.96. The number of rotatable bonds is 6. The van der Waals surface area contributed by atoms with Crippen molar-refractivity contribution >= 4 is 17.7 Å². The van der Waals surface area contributed by atoms with Gasteiger partial charge in [-0.15, -0.1) is 0 Å². The molecule has 31 heavy (non-hydrogen) atoms. The molecule has 0 radical (unpaired) electrons. The van der Waals surface area contributed by atoms with Crippen molar-refractivity contribution in [3.63, 3.8) is 0 Å². The number of urea groups is 1. The Morgan fingerprint density at radius 3 is 2.45 bits per heavy atom. The first kappa shape index (κ1) is 21.3. The molecule has 0 atom stereocenters. The van der Waals surface area contributed by atoms with Crippen LogP contribution in [-0.2, 0) is 17.8 Å². The van der Waals surface area contributed by atoms with E-state index in [2.05, 4.69) is 5.32 Å². The van der Waals surface area contributed by atoms with Gasteiger partial charge in [0.05, 0.1) is 6.54 Å². The van der Waals surface area contributed by atoms with Gasteiger partial charge in [-0.3, -0.25) is 14.5 Å². The van der Waals surface area contributed by atoms with E-state index in [0.29, 0.717) is 31.4 Å². The zero-order valence-electron chi connectivity index (χ0n) is 18.0. The molecule has 1 aromatic carbocycles. The lowest BCUT2D eigenvalue weighted by Crippen LogP contribution is -2.48. The number of hydrogen-bond acceptors (Lipinski definition) is 3. The summed E-state index contributed by atoms with van der Waals surface area (Å²) in [4.78, 5) is 39.5. The topological polar surface area (TPSA) is 71.4 Å². The summed E-state index contributed by atoms with van der Waals surface area (Å²) in [5.74, 6) is -0.770. The van der Waals surface area contributed by atoms with Crippen LogP contribution in [0.3, 0.4) is 0 Å². The van der Waals surface area contributed by atoms with E-state index in [1.807, 2.05) is 24.5 Å². The second-order valence-corrected chi connectivity index (χ2v) is 8.70. The van der Waals surface area contributed by atoms with Crippen LogP contribution in [0.2, 0.25) is 0 Å². The van der Waals surface area contributed by atoms with E-state index >= 15 is 0 Å². The van der Waals surface area contributed by atoms with Gasteiger partial charge in [-0.05, 0) is 56.9 Å². The highest BCUT2D eigenvalue weighted by atomic mass is 19.1. The summed E-state index contributed by atoms with van der Waals surface area (Å²) in [7, 11) is 0. The van der Waals surface area contributed by atoms with Gasteiger partial charge in [0, 0.05) is 23.5 Å². The fraction of sp³-hybridized carbons (Fsp3) is 0.458. The van der Waals surface area contributed by atoms with Crippen molar-refractivity contribution in [2.24, 2.45) is 0 Å². The molecule has 0 unspecified atom stereocenters. The molecule has 2 heterocycles. The van der Waals surface area contributed by atoms with Gasteiger partial charge in [0.2, 0.25) is 0 Å². The molecule has 6 nitrogen and oxygen atoms in total. The molecule has 2 aliphatic rings. The minimum atomic E-state index is -0.818. The van der Waals surface area contributed by atoms with Gasteiger partial charge in [0.1, 0.15) is 11.4 Å². The number of halogens is 1. The molecule has 7 heteroatoms. The first-order valence-corrected chi connectivity index (χ1v) is 10.9. The monoisotopic (exact) mass is 425 g/mol. The quantitative estimate of drug-likeness (QED) is 0.563. The third-order valence-electron chi connectivity index (χ3n) is 6.67. The molecule has 2 fully saturated rings. The Morgan fingerprint density at radius 1 is 1.10 bits per heavy atom. The van der Waals surface area contributed by atoms with E-state index in [1.54, 1.807) is 12.1 Å². The number of ketones is 1. The molecule has 1 saturated heterocycles. The fourth-order valence-corrected chi connectivity index (χ4v) is 4.86. The third-order valence-corrected chi connectivity index (χ3v) is 6.67. The highest BCUT2D eigenvalue weighted by Gasteiger charge is 2.51. The Balaban J connectivity index is 1.46. The number of imide groups is 1. The summed E-state index contributed by atoms with van der Waals surface area (Å²) in [5, 5.41) is 2.85. The van der Waals surface area contributed by atoms with E-state index in [4.69, 9.17) is 0 Å². The lowest BCUT2D eigenvalue weighted by molar-refractivity contribution is -0.132. The maximum Gasteiger partial charge on any atom is 0.325 e. The minimum absolute atomic E-state index is 0.238. The van der Waals surface area contributed by atoms with Crippen molar-refractivity contribution < 1.29 is 18.8 Å². The fourth-order valence-electron chi connectivity index (χ4n) is 4.86. The smallest absolute Gasteiger partial charge is 0.325 e. The van der Waals surface area contributed by atoms with E-state index in [-0.39, 0.29) is 24.1 Å². The van der Waals surface area contributed by atoms with Gasteiger partial charge < -0.3 is 9.88 Å². The SMILES string of the molecule is Cc1cc(C(=O)CN2C(=O)NC3(CCCCC3)C2=O)c(C)n1CCc1ccc(F)cc1. The van der Waals surface area contributed by atoms with Crippen LogP contribution in [0.5, 0.6) is 0 Å². The number of benzene rings is 1. The van der Waals surface area contributed by atoms with Gasteiger partial charge >= 0.3 is 6.03 Å². The summed E-state index contributed by atoms with van der Waals surface area (Å²) in [6.07, 6.45) is 4.86. The highest BCUT2D eigenvalue weighted by Crippen LogP contribution is 2.33. The Labute approximate surface area is 181 Å². The van der Waals surface area contributed by atoms with E-state index in [9.17, 15) is 18.8 Å². The molecule has 3 amide bonds.